The van der Waals surface area contributed by atoms with Gasteiger partial charge in [-0.25, -0.2) is 4.68 Å². The van der Waals surface area contributed by atoms with Gasteiger partial charge in [0, 0.05) is 10.9 Å². The van der Waals surface area contributed by atoms with E-state index in [1.165, 1.54) is 0 Å². The summed E-state index contributed by atoms with van der Waals surface area (Å²) in [6, 6.07) is 9.78. The van der Waals surface area contributed by atoms with E-state index in [4.69, 9.17) is 16.9 Å². The molecule has 2 aromatic rings. The maximum atomic E-state index is 9.04. The number of halogens is 1. The molecule has 4 nitrogen and oxygen atoms in total. The van der Waals surface area contributed by atoms with E-state index in [2.05, 4.69) is 16.4 Å². The van der Waals surface area contributed by atoms with Crippen LogP contribution >= 0.6 is 11.6 Å². The van der Waals surface area contributed by atoms with Crippen molar-refractivity contribution in [2.75, 3.05) is 0 Å². The molecule has 0 radical (unpaired) electrons. The van der Waals surface area contributed by atoms with E-state index in [1.807, 2.05) is 24.3 Å². The fourth-order valence-electron chi connectivity index (χ4n) is 2.07. The predicted molar refractivity (Wildman–Crippen MR) is 67.3 cm³/mol. The van der Waals surface area contributed by atoms with Gasteiger partial charge in [-0.05, 0) is 24.5 Å². The summed E-state index contributed by atoms with van der Waals surface area (Å²) in [6.45, 7) is 0.570. The second-order valence-corrected chi connectivity index (χ2v) is 4.87. The highest BCUT2D eigenvalue weighted by molar-refractivity contribution is 6.31. The Morgan fingerprint density at radius 1 is 1.39 bits per heavy atom. The Bertz CT molecular complexity index is 622. The Kier molecular flexibility index (Phi) is 2.77. The third-order valence-corrected chi connectivity index (χ3v) is 3.49. The zero-order valence-electron chi connectivity index (χ0n) is 9.67. The zero-order chi connectivity index (χ0) is 12.5. The lowest BCUT2D eigenvalue weighted by Gasteiger charge is -2.07. The van der Waals surface area contributed by atoms with Gasteiger partial charge in [0.2, 0.25) is 0 Å². The van der Waals surface area contributed by atoms with Crippen molar-refractivity contribution in [2.45, 2.75) is 25.3 Å². The van der Waals surface area contributed by atoms with E-state index < -0.39 is 0 Å². The summed E-state index contributed by atoms with van der Waals surface area (Å²) in [7, 11) is 0. The van der Waals surface area contributed by atoms with Gasteiger partial charge < -0.3 is 0 Å². The van der Waals surface area contributed by atoms with Crippen molar-refractivity contribution in [3.8, 4) is 6.07 Å². The lowest BCUT2D eigenvalue weighted by atomic mass is 10.2. The first kappa shape index (κ1) is 11.2. The van der Waals surface area contributed by atoms with Crippen molar-refractivity contribution in [3.63, 3.8) is 0 Å². The van der Waals surface area contributed by atoms with Crippen LogP contribution in [0.4, 0.5) is 0 Å². The van der Waals surface area contributed by atoms with E-state index in [0.29, 0.717) is 23.2 Å². The Morgan fingerprint density at radius 3 is 2.83 bits per heavy atom. The molecule has 0 N–H and O–H groups in total. The molecule has 0 spiro atoms. The first-order valence-corrected chi connectivity index (χ1v) is 6.24. The smallest absolute Gasteiger partial charge is 0.186 e. The van der Waals surface area contributed by atoms with Crippen molar-refractivity contribution in [2.24, 2.45) is 0 Å². The maximum absolute atomic E-state index is 9.04. The average Bonchev–Trinajstić information content (AvgIpc) is 3.14. The van der Waals surface area contributed by atoms with E-state index in [-0.39, 0.29) is 0 Å². The van der Waals surface area contributed by atoms with Gasteiger partial charge in [0.15, 0.2) is 5.69 Å². The van der Waals surface area contributed by atoms with Crippen LogP contribution in [0.3, 0.4) is 0 Å². The molecule has 1 heterocycles. The first-order chi connectivity index (χ1) is 8.79. The van der Waals surface area contributed by atoms with Crippen molar-refractivity contribution in [1.29, 1.82) is 5.26 Å². The molecule has 1 saturated carbocycles. The first-order valence-electron chi connectivity index (χ1n) is 5.86. The van der Waals surface area contributed by atoms with Gasteiger partial charge in [0.05, 0.1) is 12.2 Å². The highest BCUT2D eigenvalue weighted by atomic mass is 35.5. The van der Waals surface area contributed by atoms with Crippen LogP contribution in [0, 0.1) is 11.3 Å². The van der Waals surface area contributed by atoms with Crippen LogP contribution in [0.25, 0.3) is 0 Å². The second kappa shape index (κ2) is 4.43. The molecule has 0 bridgehead atoms. The van der Waals surface area contributed by atoms with Crippen LogP contribution in [0.5, 0.6) is 0 Å². The summed E-state index contributed by atoms with van der Waals surface area (Å²) in [5, 5.41) is 17.8. The Morgan fingerprint density at radius 2 is 2.17 bits per heavy atom. The van der Waals surface area contributed by atoms with Gasteiger partial charge >= 0.3 is 0 Å². The fourth-order valence-corrected chi connectivity index (χ4v) is 2.26. The summed E-state index contributed by atoms with van der Waals surface area (Å²) in [4.78, 5) is 0. The largest absolute Gasteiger partial charge is 0.243 e. The van der Waals surface area contributed by atoms with Crippen LogP contribution < -0.4 is 0 Å². The highest BCUT2D eigenvalue weighted by Gasteiger charge is 2.31. The molecule has 0 amide bonds. The minimum Gasteiger partial charge on any atom is -0.243 e. The summed E-state index contributed by atoms with van der Waals surface area (Å²) < 4.78 is 1.80. The Hall–Kier alpha value is -1.86. The fraction of sp³-hybridized carbons (Fsp3) is 0.308. The summed E-state index contributed by atoms with van der Waals surface area (Å²) in [6.07, 6.45) is 2.23. The molecular formula is C13H11ClN4. The topological polar surface area (TPSA) is 54.5 Å². The van der Waals surface area contributed by atoms with Gasteiger partial charge in [-0.1, -0.05) is 35.0 Å². The number of rotatable bonds is 3. The number of aromatic nitrogens is 3. The van der Waals surface area contributed by atoms with E-state index in [1.54, 1.807) is 4.68 Å². The predicted octanol–water partition coefficient (Wildman–Crippen LogP) is 2.73. The number of nitriles is 1. The van der Waals surface area contributed by atoms with Gasteiger partial charge in [-0.2, -0.15) is 5.26 Å². The molecule has 0 saturated heterocycles. The van der Waals surface area contributed by atoms with Crippen LogP contribution in [0.15, 0.2) is 24.3 Å². The summed E-state index contributed by atoms with van der Waals surface area (Å²) in [5.41, 5.74) is 2.40. The average molecular weight is 259 g/mol. The van der Waals surface area contributed by atoms with E-state index >= 15 is 0 Å². The standard InChI is InChI=1S/C13H11ClN4/c14-11-4-2-1-3-10(11)8-18-13(9-5-6-9)12(7-15)16-17-18/h1-4,9H,5-6,8H2. The van der Waals surface area contributed by atoms with Gasteiger partial charge in [0.25, 0.3) is 0 Å². The van der Waals surface area contributed by atoms with Gasteiger partial charge in [0.1, 0.15) is 6.07 Å². The third-order valence-electron chi connectivity index (χ3n) is 3.12. The quantitative estimate of drug-likeness (QED) is 0.851. The monoisotopic (exact) mass is 258 g/mol. The molecular weight excluding hydrogens is 248 g/mol. The third kappa shape index (κ3) is 1.98. The van der Waals surface area contributed by atoms with Crippen LogP contribution in [-0.2, 0) is 6.54 Å². The van der Waals surface area contributed by atoms with Crippen molar-refractivity contribution in [3.05, 3.63) is 46.2 Å². The molecule has 18 heavy (non-hydrogen) atoms. The molecule has 1 aliphatic carbocycles. The van der Waals surface area contributed by atoms with Crippen molar-refractivity contribution in [1.82, 2.24) is 15.0 Å². The molecule has 0 unspecified atom stereocenters. The van der Waals surface area contributed by atoms with Crippen LogP contribution in [0.1, 0.15) is 35.7 Å². The minimum atomic E-state index is 0.442. The minimum absolute atomic E-state index is 0.442. The lowest BCUT2D eigenvalue weighted by molar-refractivity contribution is 0.619. The molecule has 3 rings (SSSR count). The maximum Gasteiger partial charge on any atom is 0.186 e. The van der Waals surface area contributed by atoms with Crippen molar-refractivity contribution >= 4 is 11.6 Å². The second-order valence-electron chi connectivity index (χ2n) is 4.46. The molecule has 1 fully saturated rings. The number of benzene rings is 1. The SMILES string of the molecule is N#Cc1nnn(Cc2ccccc2Cl)c1C1CC1. The van der Waals surface area contributed by atoms with E-state index in [0.717, 1.165) is 24.1 Å². The molecule has 1 aromatic heterocycles. The normalized spacial score (nSPS) is 14.4. The highest BCUT2D eigenvalue weighted by Crippen LogP contribution is 2.41. The molecule has 90 valence electrons. The Balaban J connectivity index is 1.96. The van der Waals surface area contributed by atoms with Gasteiger partial charge in [-0.15, -0.1) is 5.10 Å². The van der Waals surface area contributed by atoms with Gasteiger partial charge in [-0.3, -0.25) is 0 Å². The molecule has 5 heteroatoms. The van der Waals surface area contributed by atoms with Crippen LogP contribution in [0.2, 0.25) is 5.02 Å². The zero-order valence-corrected chi connectivity index (χ0v) is 10.4. The molecule has 0 aliphatic heterocycles. The number of hydrogen-bond acceptors (Lipinski definition) is 3. The van der Waals surface area contributed by atoms with E-state index in [9.17, 15) is 0 Å². The lowest BCUT2D eigenvalue weighted by Crippen LogP contribution is -2.06. The number of hydrogen-bond donors (Lipinski definition) is 0. The number of nitrogens with zero attached hydrogens (tertiary/aromatic N) is 4. The molecule has 1 aliphatic rings. The van der Waals surface area contributed by atoms with Crippen molar-refractivity contribution < 1.29 is 0 Å². The molecule has 1 aromatic carbocycles. The summed E-state index contributed by atoms with van der Waals surface area (Å²) in [5.74, 6) is 0.442. The summed E-state index contributed by atoms with van der Waals surface area (Å²) >= 11 is 6.14. The molecule has 0 atom stereocenters. The Labute approximate surface area is 110 Å². The van der Waals surface area contributed by atoms with Crippen LogP contribution in [-0.4, -0.2) is 15.0 Å².